The van der Waals surface area contributed by atoms with Crippen LogP contribution in [-0.2, 0) is 0 Å². The van der Waals surface area contributed by atoms with E-state index >= 15 is 0 Å². The number of nitrogens with zero attached hydrogens (tertiary/aromatic N) is 2. The van der Waals surface area contributed by atoms with Crippen molar-refractivity contribution in [3.63, 3.8) is 0 Å². The molecule has 1 aromatic heterocycles. The van der Waals surface area contributed by atoms with E-state index < -0.39 is 5.95 Å². The third-order valence-corrected chi connectivity index (χ3v) is 3.61. The molecule has 1 amide bonds. The Bertz CT molecular complexity index is 673. The fourth-order valence-electron chi connectivity index (χ4n) is 1.99. The number of rotatable bonds is 2. The second-order valence-corrected chi connectivity index (χ2v) is 5.48. The number of aryl methyl sites for hydroxylation is 2. The number of halogens is 2. The van der Waals surface area contributed by atoms with E-state index in [4.69, 9.17) is 0 Å². The lowest BCUT2D eigenvalue weighted by molar-refractivity contribution is 0.0991. The fourth-order valence-corrected chi connectivity index (χ4v) is 2.34. The number of amides is 1. The number of anilines is 1. The van der Waals surface area contributed by atoms with E-state index in [2.05, 4.69) is 20.9 Å². The lowest BCUT2D eigenvalue weighted by atomic mass is 10.1. The minimum Gasteiger partial charge on any atom is -0.311 e. The molecule has 2 aromatic rings. The van der Waals surface area contributed by atoms with Crippen molar-refractivity contribution >= 4 is 27.5 Å². The summed E-state index contributed by atoms with van der Waals surface area (Å²) < 4.78 is 13.9. The van der Waals surface area contributed by atoms with Gasteiger partial charge in [-0.05, 0) is 43.7 Å². The Morgan fingerprint density at radius 3 is 2.60 bits per heavy atom. The molecule has 0 saturated carbocycles. The van der Waals surface area contributed by atoms with Crippen LogP contribution < -0.4 is 4.90 Å². The molecule has 5 heteroatoms. The van der Waals surface area contributed by atoms with E-state index in [1.165, 1.54) is 12.1 Å². The molecular weight excluding hydrogens is 323 g/mol. The maximum Gasteiger partial charge on any atom is 0.259 e. The van der Waals surface area contributed by atoms with Crippen LogP contribution in [0.1, 0.15) is 21.6 Å². The zero-order valence-electron chi connectivity index (χ0n) is 11.4. The van der Waals surface area contributed by atoms with Crippen LogP contribution in [0.15, 0.2) is 34.8 Å². The van der Waals surface area contributed by atoms with E-state index in [1.54, 1.807) is 18.9 Å². The molecule has 0 aliphatic heterocycles. The Labute approximate surface area is 125 Å². The molecule has 20 heavy (non-hydrogen) atoms. The SMILES string of the molecule is Cc1ccc(Br)cc1N(C)C(=O)c1ccc(F)nc1C. The van der Waals surface area contributed by atoms with Gasteiger partial charge in [0, 0.05) is 17.2 Å². The van der Waals surface area contributed by atoms with Gasteiger partial charge in [0.05, 0.1) is 11.3 Å². The normalized spacial score (nSPS) is 10.4. The standard InChI is InChI=1S/C15H14BrFN2O/c1-9-4-5-11(16)8-13(9)19(3)15(20)12-6-7-14(17)18-10(12)2/h4-8H,1-3H3. The molecule has 3 nitrogen and oxygen atoms in total. The van der Waals surface area contributed by atoms with Gasteiger partial charge >= 0.3 is 0 Å². The smallest absolute Gasteiger partial charge is 0.259 e. The summed E-state index contributed by atoms with van der Waals surface area (Å²) in [5, 5.41) is 0. The Balaban J connectivity index is 2.40. The van der Waals surface area contributed by atoms with Gasteiger partial charge in [-0.1, -0.05) is 22.0 Å². The van der Waals surface area contributed by atoms with Crippen LogP contribution in [0.4, 0.5) is 10.1 Å². The second kappa shape index (κ2) is 5.71. The van der Waals surface area contributed by atoms with Crippen LogP contribution in [0, 0.1) is 19.8 Å². The van der Waals surface area contributed by atoms with Crippen molar-refractivity contribution < 1.29 is 9.18 Å². The predicted octanol–water partition coefficient (Wildman–Crippen LogP) is 3.88. The zero-order valence-corrected chi connectivity index (χ0v) is 13.0. The first kappa shape index (κ1) is 14.7. The minimum absolute atomic E-state index is 0.212. The average Bonchev–Trinajstić information content (AvgIpc) is 2.40. The van der Waals surface area contributed by atoms with Crippen molar-refractivity contribution in [3.8, 4) is 0 Å². The van der Waals surface area contributed by atoms with Crippen molar-refractivity contribution in [2.24, 2.45) is 0 Å². The first-order valence-corrected chi connectivity index (χ1v) is 6.87. The summed E-state index contributed by atoms with van der Waals surface area (Å²) in [5.74, 6) is -0.795. The van der Waals surface area contributed by atoms with Crippen LogP contribution in [0.2, 0.25) is 0 Å². The molecule has 1 aromatic carbocycles. The van der Waals surface area contributed by atoms with Crippen LogP contribution >= 0.6 is 15.9 Å². The molecule has 0 fully saturated rings. The number of hydrogen-bond acceptors (Lipinski definition) is 2. The van der Waals surface area contributed by atoms with Gasteiger partial charge in [-0.3, -0.25) is 4.79 Å². The highest BCUT2D eigenvalue weighted by molar-refractivity contribution is 9.10. The molecule has 0 aliphatic rings. The summed E-state index contributed by atoms with van der Waals surface area (Å²) >= 11 is 3.39. The molecule has 104 valence electrons. The lowest BCUT2D eigenvalue weighted by Gasteiger charge is -2.20. The third kappa shape index (κ3) is 2.88. The molecule has 0 bridgehead atoms. The van der Waals surface area contributed by atoms with Gasteiger partial charge < -0.3 is 4.90 Å². The van der Waals surface area contributed by atoms with Crippen molar-refractivity contribution in [2.75, 3.05) is 11.9 Å². The number of aromatic nitrogens is 1. The van der Waals surface area contributed by atoms with Gasteiger partial charge in [0.2, 0.25) is 5.95 Å². The Morgan fingerprint density at radius 2 is 1.95 bits per heavy atom. The van der Waals surface area contributed by atoms with Crippen LogP contribution in [0.5, 0.6) is 0 Å². The van der Waals surface area contributed by atoms with Gasteiger partial charge in [-0.25, -0.2) is 4.98 Å². The number of hydrogen-bond donors (Lipinski definition) is 0. The maximum atomic E-state index is 13.0. The van der Waals surface area contributed by atoms with Gasteiger partial charge in [0.1, 0.15) is 0 Å². The maximum absolute atomic E-state index is 13.0. The van der Waals surface area contributed by atoms with E-state index in [-0.39, 0.29) is 5.91 Å². The largest absolute Gasteiger partial charge is 0.311 e. The first-order chi connectivity index (χ1) is 9.40. The second-order valence-electron chi connectivity index (χ2n) is 4.56. The molecule has 1 heterocycles. The van der Waals surface area contributed by atoms with Crippen LogP contribution in [0.25, 0.3) is 0 Å². The zero-order chi connectivity index (χ0) is 14.9. The molecular formula is C15H14BrFN2O. The van der Waals surface area contributed by atoms with Gasteiger partial charge in [0.25, 0.3) is 5.91 Å². The van der Waals surface area contributed by atoms with Crippen molar-refractivity contribution in [1.82, 2.24) is 4.98 Å². The monoisotopic (exact) mass is 336 g/mol. The van der Waals surface area contributed by atoms with Gasteiger partial charge in [-0.15, -0.1) is 0 Å². The Kier molecular flexibility index (Phi) is 4.18. The summed E-state index contributed by atoms with van der Waals surface area (Å²) in [6, 6.07) is 8.38. The van der Waals surface area contributed by atoms with E-state index in [0.717, 1.165) is 15.7 Å². The highest BCUT2D eigenvalue weighted by Gasteiger charge is 2.18. The van der Waals surface area contributed by atoms with Crippen LogP contribution in [-0.4, -0.2) is 17.9 Å². The minimum atomic E-state index is -0.583. The number of pyridine rings is 1. The first-order valence-electron chi connectivity index (χ1n) is 6.07. The van der Waals surface area contributed by atoms with Crippen molar-refractivity contribution in [1.29, 1.82) is 0 Å². The molecule has 0 atom stereocenters. The fraction of sp³-hybridized carbons (Fsp3) is 0.200. The van der Waals surface area contributed by atoms with E-state index in [9.17, 15) is 9.18 Å². The summed E-state index contributed by atoms with van der Waals surface area (Å²) in [7, 11) is 1.69. The van der Waals surface area contributed by atoms with Gasteiger partial charge in [-0.2, -0.15) is 4.39 Å². The highest BCUT2D eigenvalue weighted by atomic mass is 79.9. The van der Waals surface area contributed by atoms with Crippen molar-refractivity contribution in [3.05, 3.63) is 57.6 Å². The molecule has 0 unspecified atom stereocenters. The number of benzene rings is 1. The lowest BCUT2D eigenvalue weighted by Crippen LogP contribution is -2.28. The summed E-state index contributed by atoms with van der Waals surface area (Å²) in [6.45, 7) is 3.55. The quantitative estimate of drug-likeness (QED) is 0.780. The average molecular weight is 337 g/mol. The highest BCUT2D eigenvalue weighted by Crippen LogP contribution is 2.25. The topological polar surface area (TPSA) is 33.2 Å². The number of carbonyl (C=O) groups is 1. The molecule has 0 radical (unpaired) electrons. The Hall–Kier alpha value is -1.75. The van der Waals surface area contributed by atoms with Crippen molar-refractivity contribution in [2.45, 2.75) is 13.8 Å². The predicted molar refractivity (Wildman–Crippen MR) is 80.5 cm³/mol. The van der Waals surface area contributed by atoms with Gasteiger partial charge in [0.15, 0.2) is 0 Å². The molecule has 0 saturated heterocycles. The van der Waals surface area contributed by atoms with E-state index in [1.807, 2.05) is 25.1 Å². The summed E-state index contributed by atoms with van der Waals surface area (Å²) in [4.78, 5) is 17.7. The van der Waals surface area contributed by atoms with Crippen LogP contribution in [0.3, 0.4) is 0 Å². The molecule has 0 N–H and O–H groups in total. The number of carbonyl (C=O) groups excluding carboxylic acids is 1. The summed E-state index contributed by atoms with van der Waals surface area (Å²) in [6.07, 6.45) is 0. The molecule has 0 spiro atoms. The molecule has 0 aliphatic carbocycles. The Morgan fingerprint density at radius 1 is 1.25 bits per heavy atom. The van der Waals surface area contributed by atoms with E-state index in [0.29, 0.717) is 11.3 Å². The summed E-state index contributed by atoms with van der Waals surface area (Å²) in [5.41, 5.74) is 2.56. The third-order valence-electron chi connectivity index (χ3n) is 3.12. The molecule has 2 rings (SSSR count).